The summed E-state index contributed by atoms with van der Waals surface area (Å²) in [5.41, 5.74) is 4.47. The van der Waals surface area contributed by atoms with Gasteiger partial charge < -0.3 is 16.0 Å². The van der Waals surface area contributed by atoms with Crippen molar-refractivity contribution in [2.45, 2.75) is 19.1 Å². The predicted octanol–water partition coefficient (Wildman–Crippen LogP) is 0.523. The third kappa shape index (κ3) is 2.35. The van der Waals surface area contributed by atoms with E-state index in [1.807, 2.05) is 11.8 Å². The van der Waals surface area contributed by atoms with Gasteiger partial charge in [0.15, 0.2) is 5.65 Å². The number of fused-ring (bicyclic) bond motifs is 1. The van der Waals surface area contributed by atoms with Gasteiger partial charge in [0.25, 0.3) is 0 Å². The molecule has 0 bridgehead atoms. The maximum atomic E-state index is 13.0. The van der Waals surface area contributed by atoms with Crippen LogP contribution in [0.5, 0.6) is 0 Å². The Balaban J connectivity index is 2.12. The van der Waals surface area contributed by atoms with Gasteiger partial charge in [0.2, 0.25) is 11.9 Å². The third-order valence-corrected chi connectivity index (χ3v) is 3.44. The first-order valence-electron chi connectivity index (χ1n) is 6.43. The van der Waals surface area contributed by atoms with E-state index < -0.39 is 11.7 Å². The Morgan fingerprint density at radius 3 is 2.81 bits per heavy atom. The molecule has 0 spiro atoms. The molecule has 0 unspecified atom stereocenters. The number of aromatic nitrogens is 4. The summed E-state index contributed by atoms with van der Waals surface area (Å²) in [6.45, 7) is 3.97. The number of rotatable bonds is 1. The first-order chi connectivity index (χ1) is 9.88. The second-order valence-corrected chi connectivity index (χ2v) is 4.92. The Bertz CT molecular complexity index is 666. The minimum atomic E-state index is -4.53. The summed E-state index contributed by atoms with van der Waals surface area (Å²) in [5.74, 6) is 0.0798. The lowest BCUT2D eigenvalue weighted by Crippen LogP contribution is -2.50. The minimum Gasteiger partial charge on any atom is -0.368 e. The highest BCUT2D eigenvalue weighted by Crippen LogP contribution is 2.32. The van der Waals surface area contributed by atoms with E-state index >= 15 is 0 Å². The van der Waals surface area contributed by atoms with E-state index in [0.717, 1.165) is 4.52 Å². The molecular weight excluding hydrogens is 287 g/mol. The Labute approximate surface area is 118 Å². The molecule has 0 saturated carbocycles. The van der Waals surface area contributed by atoms with E-state index in [4.69, 9.17) is 5.73 Å². The molecule has 2 aromatic rings. The molecule has 10 heteroatoms. The highest BCUT2D eigenvalue weighted by molar-refractivity contribution is 5.55. The number of hydrogen-bond acceptors (Lipinski definition) is 6. The summed E-state index contributed by atoms with van der Waals surface area (Å²) in [6.07, 6.45) is -3.82. The van der Waals surface area contributed by atoms with E-state index in [-0.39, 0.29) is 23.6 Å². The number of nitrogens with one attached hydrogen (secondary N) is 1. The van der Waals surface area contributed by atoms with E-state index in [9.17, 15) is 13.2 Å². The zero-order valence-electron chi connectivity index (χ0n) is 11.2. The van der Waals surface area contributed by atoms with Crippen LogP contribution in [-0.4, -0.2) is 45.3 Å². The van der Waals surface area contributed by atoms with Gasteiger partial charge in [0, 0.05) is 25.7 Å². The average molecular weight is 301 g/mol. The van der Waals surface area contributed by atoms with Gasteiger partial charge in [0.05, 0.1) is 6.20 Å². The lowest BCUT2D eigenvalue weighted by Gasteiger charge is -2.33. The molecule has 0 aliphatic carbocycles. The van der Waals surface area contributed by atoms with Gasteiger partial charge in [-0.15, -0.1) is 0 Å². The fourth-order valence-electron chi connectivity index (χ4n) is 2.35. The molecule has 1 aliphatic heterocycles. The number of anilines is 2. The van der Waals surface area contributed by atoms with Gasteiger partial charge in [-0.1, -0.05) is 0 Å². The van der Waals surface area contributed by atoms with Gasteiger partial charge in [0.1, 0.15) is 5.56 Å². The van der Waals surface area contributed by atoms with Crippen LogP contribution in [0.3, 0.4) is 0 Å². The van der Waals surface area contributed by atoms with Crippen LogP contribution in [-0.2, 0) is 6.18 Å². The van der Waals surface area contributed by atoms with E-state index in [1.54, 1.807) is 0 Å². The third-order valence-electron chi connectivity index (χ3n) is 3.44. The van der Waals surface area contributed by atoms with Crippen LogP contribution in [0.1, 0.15) is 12.5 Å². The maximum Gasteiger partial charge on any atom is 0.421 e. The molecular formula is C11H14F3N7. The van der Waals surface area contributed by atoms with Crippen LogP contribution < -0.4 is 16.0 Å². The fraction of sp³-hybridized carbons (Fsp3) is 0.545. The highest BCUT2D eigenvalue weighted by Gasteiger charge is 2.36. The Hall–Kier alpha value is -2.10. The predicted molar refractivity (Wildman–Crippen MR) is 69.9 cm³/mol. The zero-order chi connectivity index (χ0) is 15.2. The summed E-state index contributed by atoms with van der Waals surface area (Å²) in [7, 11) is 0. The molecule has 21 heavy (non-hydrogen) atoms. The Morgan fingerprint density at radius 1 is 1.38 bits per heavy atom. The molecule has 3 N–H and O–H groups in total. The maximum absolute atomic E-state index is 13.0. The molecule has 1 atom stereocenters. The van der Waals surface area contributed by atoms with Crippen LogP contribution >= 0.6 is 0 Å². The second-order valence-electron chi connectivity index (χ2n) is 4.92. The lowest BCUT2D eigenvalue weighted by molar-refractivity contribution is -0.136. The van der Waals surface area contributed by atoms with Crippen LogP contribution in [0.2, 0.25) is 0 Å². The average Bonchev–Trinajstić information content (AvgIpc) is 2.83. The van der Waals surface area contributed by atoms with Crippen molar-refractivity contribution in [2.75, 3.05) is 30.3 Å². The highest BCUT2D eigenvalue weighted by atomic mass is 19.4. The normalized spacial score (nSPS) is 20.2. The summed E-state index contributed by atoms with van der Waals surface area (Å²) in [4.78, 5) is 9.93. The van der Waals surface area contributed by atoms with Crippen molar-refractivity contribution < 1.29 is 13.2 Å². The summed E-state index contributed by atoms with van der Waals surface area (Å²) in [6, 6.07) is 0.0675. The minimum absolute atomic E-state index is 0.0675. The first-order valence-corrected chi connectivity index (χ1v) is 6.43. The standard InChI is InChI=1S/C11H14F3N7/c1-6-4-16-2-3-20(6)10-18-8-7(11(12,13)14)5-17-21(8)9(15)19-10/h5-6,16H,2-4H2,1H3,(H2,15,18,19)/t6-/m0/s1. The van der Waals surface area contributed by atoms with Crippen molar-refractivity contribution in [1.82, 2.24) is 24.9 Å². The molecule has 0 aromatic carbocycles. The van der Waals surface area contributed by atoms with Crippen molar-refractivity contribution in [3.05, 3.63) is 11.8 Å². The van der Waals surface area contributed by atoms with E-state index in [2.05, 4.69) is 20.4 Å². The molecule has 3 heterocycles. The topological polar surface area (TPSA) is 84.4 Å². The van der Waals surface area contributed by atoms with Gasteiger partial charge in [-0.2, -0.15) is 32.8 Å². The SMILES string of the molecule is C[C@H]1CNCCN1c1nc(N)n2ncc(C(F)(F)F)c2n1. The number of alkyl halides is 3. The molecule has 1 fully saturated rings. The van der Waals surface area contributed by atoms with Crippen LogP contribution in [0.25, 0.3) is 5.65 Å². The van der Waals surface area contributed by atoms with Crippen LogP contribution in [0, 0.1) is 0 Å². The Morgan fingerprint density at radius 2 is 2.14 bits per heavy atom. The number of nitrogens with zero attached hydrogens (tertiary/aromatic N) is 5. The second kappa shape index (κ2) is 4.72. The first kappa shape index (κ1) is 13.9. The number of nitrogens with two attached hydrogens (primary N) is 1. The molecule has 0 amide bonds. The van der Waals surface area contributed by atoms with E-state index in [1.165, 1.54) is 0 Å². The summed E-state index contributed by atoms with van der Waals surface area (Å²) >= 11 is 0. The lowest BCUT2D eigenvalue weighted by atomic mass is 10.2. The number of nitrogen functional groups attached to an aromatic ring is 1. The zero-order valence-corrected chi connectivity index (χ0v) is 11.2. The largest absolute Gasteiger partial charge is 0.421 e. The molecule has 1 saturated heterocycles. The van der Waals surface area contributed by atoms with Crippen molar-refractivity contribution >= 4 is 17.5 Å². The molecule has 0 radical (unpaired) electrons. The summed E-state index contributed by atoms with van der Waals surface area (Å²) in [5, 5.41) is 6.80. The van der Waals surface area contributed by atoms with Crippen LogP contribution in [0.15, 0.2) is 6.20 Å². The molecule has 2 aromatic heterocycles. The quantitative estimate of drug-likeness (QED) is 0.799. The van der Waals surface area contributed by atoms with Crippen molar-refractivity contribution in [3.63, 3.8) is 0 Å². The van der Waals surface area contributed by atoms with Crippen molar-refractivity contribution in [1.29, 1.82) is 0 Å². The molecule has 3 rings (SSSR count). The van der Waals surface area contributed by atoms with E-state index in [0.29, 0.717) is 25.8 Å². The molecule has 114 valence electrons. The van der Waals surface area contributed by atoms with Crippen molar-refractivity contribution in [2.24, 2.45) is 0 Å². The van der Waals surface area contributed by atoms with Gasteiger partial charge >= 0.3 is 6.18 Å². The number of hydrogen-bond donors (Lipinski definition) is 2. The Kier molecular flexibility index (Phi) is 3.12. The van der Waals surface area contributed by atoms with Gasteiger partial charge in [-0.25, -0.2) is 0 Å². The van der Waals surface area contributed by atoms with Gasteiger partial charge in [-0.3, -0.25) is 0 Å². The van der Waals surface area contributed by atoms with Gasteiger partial charge in [-0.05, 0) is 6.92 Å². The fourth-order valence-corrected chi connectivity index (χ4v) is 2.35. The van der Waals surface area contributed by atoms with Crippen LogP contribution in [0.4, 0.5) is 25.1 Å². The summed E-state index contributed by atoms with van der Waals surface area (Å²) < 4.78 is 39.8. The monoisotopic (exact) mass is 301 g/mol. The van der Waals surface area contributed by atoms with Crippen molar-refractivity contribution in [3.8, 4) is 0 Å². The number of piperazine rings is 1. The molecule has 1 aliphatic rings. The molecule has 7 nitrogen and oxygen atoms in total. The smallest absolute Gasteiger partial charge is 0.368 e. The number of halogens is 3.